The average Bonchev–Trinajstić information content (AvgIpc) is 2.26. The van der Waals surface area contributed by atoms with Crippen LogP contribution >= 0.6 is 0 Å². The van der Waals surface area contributed by atoms with E-state index >= 15 is 0 Å². The fourth-order valence-electron chi connectivity index (χ4n) is 1.04. The Hall–Kier alpha value is -1.63. The number of nitrogens with zero attached hydrogens (tertiary/aromatic N) is 3. The number of nitrogens with one attached hydrogen (secondary N) is 1. The maximum absolute atomic E-state index is 8.80. The molecule has 1 aromatic heterocycles. The lowest BCUT2D eigenvalue weighted by atomic mass is 9.98. The van der Waals surface area contributed by atoms with Crippen molar-refractivity contribution in [2.24, 2.45) is 11.8 Å². The zero-order valence-corrected chi connectivity index (χ0v) is 9.36. The summed E-state index contributed by atoms with van der Waals surface area (Å²) in [6, 6.07) is 2.01. The zero-order valence-electron chi connectivity index (χ0n) is 9.36. The largest absolute Gasteiger partial charge is 0.367 e. The summed E-state index contributed by atoms with van der Waals surface area (Å²) in [6.45, 7) is 7.33. The minimum atomic E-state index is 0.355. The summed E-state index contributed by atoms with van der Waals surface area (Å²) in [5.41, 5.74) is 0.355. The standard InChI is InChI=1S/C11H16N4/c1-8(2)9(3)7-15-11-10(6-12)13-4-5-14-11/h4-5,8-9H,7H2,1-3H3,(H,14,15). The number of aromatic nitrogens is 2. The summed E-state index contributed by atoms with van der Waals surface area (Å²) < 4.78 is 0. The molecule has 0 aromatic carbocycles. The Morgan fingerprint density at radius 2 is 2.00 bits per heavy atom. The predicted molar refractivity (Wildman–Crippen MR) is 59.2 cm³/mol. The summed E-state index contributed by atoms with van der Waals surface area (Å²) in [4.78, 5) is 8.02. The van der Waals surface area contributed by atoms with Gasteiger partial charge in [-0.05, 0) is 11.8 Å². The van der Waals surface area contributed by atoms with E-state index in [0.717, 1.165) is 6.54 Å². The summed E-state index contributed by atoms with van der Waals surface area (Å²) in [5, 5.41) is 11.9. The minimum Gasteiger partial charge on any atom is -0.367 e. The summed E-state index contributed by atoms with van der Waals surface area (Å²) >= 11 is 0. The van der Waals surface area contributed by atoms with Crippen molar-refractivity contribution in [2.75, 3.05) is 11.9 Å². The van der Waals surface area contributed by atoms with Crippen LogP contribution in [-0.2, 0) is 0 Å². The van der Waals surface area contributed by atoms with E-state index in [1.807, 2.05) is 6.07 Å². The Morgan fingerprint density at radius 3 is 2.60 bits per heavy atom. The van der Waals surface area contributed by atoms with E-state index in [0.29, 0.717) is 23.3 Å². The Balaban J connectivity index is 2.62. The maximum atomic E-state index is 8.80. The van der Waals surface area contributed by atoms with Crippen LogP contribution in [-0.4, -0.2) is 16.5 Å². The highest BCUT2D eigenvalue weighted by Crippen LogP contribution is 2.12. The third-order valence-electron chi connectivity index (χ3n) is 2.53. The summed E-state index contributed by atoms with van der Waals surface area (Å²) in [6.07, 6.45) is 3.11. The molecule has 0 aliphatic heterocycles. The highest BCUT2D eigenvalue weighted by atomic mass is 15.0. The minimum absolute atomic E-state index is 0.355. The molecule has 0 aliphatic rings. The van der Waals surface area contributed by atoms with Gasteiger partial charge in [0.1, 0.15) is 6.07 Å². The van der Waals surface area contributed by atoms with Gasteiger partial charge in [-0.25, -0.2) is 9.97 Å². The van der Waals surface area contributed by atoms with Gasteiger partial charge in [0.15, 0.2) is 11.5 Å². The summed E-state index contributed by atoms with van der Waals surface area (Å²) in [5.74, 6) is 1.73. The van der Waals surface area contributed by atoms with E-state index in [1.165, 1.54) is 6.20 Å². The van der Waals surface area contributed by atoms with Crippen LogP contribution in [0.1, 0.15) is 26.5 Å². The topological polar surface area (TPSA) is 61.6 Å². The van der Waals surface area contributed by atoms with Gasteiger partial charge in [0.2, 0.25) is 0 Å². The molecule has 1 N–H and O–H groups in total. The number of hydrogen-bond acceptors (Lipinski definition) is 4. The molecule has 80 valence electrons. The second-order valence-electron chi connectivity index (χ2n) is 3.97. The van der Waals surface area contributed by atoms with E-state index in [1.54, 1.807) is 6.20 Å². The van der Waals surface area contributed by atoms with Crippen LogP contribution in [0.5, 0.6) is 0 Å². The molecule has 0 saturated carbocycles. The predicted octanol–water partition coefficient (Wildman–Crippen LogP) is 2.05. The van der Waals surface area contributed by atoms with Gasteiger partial charge in [-0.2, -0.15) is 5.26 Å². The molecule has 1 aromatic rings. The number of nitriles is 1. The molecular formula is C11H16N4. The van der Waals surface area contributed by atoms with Gasteiger partial charge in [0.05, 0.1) is 0 Å². The van der Waals surface area contributed by atoms with E-state index in [9.17, 15) is 0 Å². The number of anilines is 1. The third kappa shape index (κ3) is 3.21. The molecule has 0 amide bonds. The molecule has 0 fully saturated rings. The van der Waals surface area contributed by atoms with Crippen molar-refractivity contribution >= 4 is 5.82 Å². The lowest BCUT2D eigenvalue weighted by molar-refractivity contribution is 0.439. The first-order valence-electron chi connectivity index (χ1n) is 5.10. The van der Waals surface area contributed by atoms with E-state index in [4.69, 9.17) is 5.26 Å². The molecule has 0 bridgehead atoms. The first kappa shape index (κ1) is 11.4. The summed E-state index contributed by atoms with van der Waals surface area (Å²) in [7, 11) is 0. The monoisotopic (exact) mass is 204 g/mol. The normalized spacial score (nSPS) is 12.2. The Kier molecular flexibility index (Phi) is 4.04. The van der Waals surface area contributed by atoms with Crippen molar-refractivity contribution in [1.29, 1.82) is 5.26 Å². The second kappa shape index (κ2) is 5.30. The number of hydrogen-bond donors (Lipinski definition) is 1. The van der Waals surface area contributed by atoms with E-state index < -0.39 is 0 Å². The van der Waals surface area contributed by atoms with E-state index in [2.05, 4.69) is 36.1 Å². The SMILES string of the molecule is CC(C)C(C)CNc1nccnc1C#N. The van der Waals surface area contributed by atoms with Crippen LogP contribution in [0.15, 0.2) is 12.4 Å². The molecule has 1 heterocycles. The molecular weight excluding hydrogens is 188 g/mol. The average molecular weight is 204 g/mol. The van der Waals surface area contributed by atoms with E-state index in [-0.39, 0.29) is 0 Å². The highest BCUT2D eigenvalue weighted by molar-refractivity contribution is 5.46. The fraction of sp³-hybridized carbons (Fsp3) is 0.545. The van der Waals surface area contributed by atoms with Gasteiger partial charge in [0.25, 0.3) is 0 Å². The molecule has 0 spiro atoms. The van der Waals surface area contributed by atoms with Crippen LogP contribution in [0.3, 0.4) is 0 Å². The van der Waals surface area contributed by atoms with Gasteiger partial charge < -0.3 is 5.32 Å². The zero-order chi connectivity index (χ0) is 11.3. The molecule has 0 saturated heterocycles. The maximum Gasteiger partial charge on any atom is 0.182 e. The van der Waals surface area contributed by atoms with Crippen molar-refractivity contribution in [2.45, 2.75) is 20.8 Å². The lowest BCUT2D eigenvalue weighted by Crippen LogP contribution is -2.17. The van der Waals surface area contributed by atoms with Crippen LogP contribution in [0.4, 0.5) is 5.82 Å². The van der Waals surface area contributed by atoms with Gasteiger partial charge in [0, 0.05) is 18.9 Å². The highest BCUT2D eigenvalue weighted by Gasteiger charge is 2.09. The second-order valence-corrected chi connectivity index (χ2v) is 3.97. The Labute approximate surface area is 90.4 Å². The van der Waals surface area contributed by atoms with Gasteiger partial charge in [-0.1, -0.05) is 20.8 Å². The molecule has 0 aliphatic carbocycles. The first-order chi connectivity index (χ1) is 7.15. The Bertz CT molecular complexity index is 354. The third-order valence-corrected chi connectivity index (χ3v) is 2.53. The van der Waals surface area contributed by atoms with Crippen LogP contribution in [0.25, 0.3) is 0 Å². The molecule has 4 nitrogen and oxygen atoms in total. The van der Waals surface area contributed by atoms with Crippen molar-refractivity contribution in [1.82, 2.24) is 9.97 Å². The molecule has 1 rings (SSSR count). The molecule has 0 radical (unpaired) electrons. The molecule has 1 unspecified atom stereocenters. The van der Waals surface area contributed by atoms with Crippen molar-refractivity contribution in [3.8, 4) is 6.07 Å². The quantitative estimate of drug-likeness (QED) is 0.815. The van der Waals surface area contributed by atoms with Crippen LogP contribution in [0.2, 0.25) is 0 Å². The smallest absolute Gasteiger partial charge is 0.182 e. The number of rotatable bonds is 4. The van der Waals surface area contributed by atoms with Crippen LogP contribution < -0.4 is 5.32 Å². The van der Waals surface area contributed by atoms with Gasteiger partial charge in [-0.15, -0.1) is 0 Å². The van der Waals surface area contributed by atoms with Gasteiger partial charge >= 0.3 is 0 Å². The first-order valence-corrected chi connectivity index (χ1v) is 5.10. The molecule has 4 heteroatoms. The van der Waals surface area contributed by atoms with Crippen molar-refractivity contribution < 1.29 is 0 Å². The lowest BCUT2D eigenvalue weighted by Gasteiger charge is -2.16. The van der Waals surface area contributed by atoms with Gasteiger partial charge in [-0.3, -0.25) is 0 Å². The van der Waals surface area contributed by atoms with Crippen molar-refractivity contribution in [3.63, 3.8) is 0 Å². The Morgan fingerprint density at radius 1 is 1.33 bits per heavy atom. The molecule has 1 atom stereocenters. The molecule has 15 heavy (non-hydrogen) atoms. The fourth-order valence-corrected chi connectivity index (χ4v) is 1.04. The van der Waals surface area contributed by atoms with Crippen LogP contribution in [0, 0.1) is 23.2 Å². The van der Waals surface area contributed by atoms with Crippen molar-refractivity contribution in [3.05, 3.63) is 18.1 Å².